The molecule has 2 saturated carbocycles. The lowest BCUT2D eigenvalue weighted by molar-refractivity contribution is -0.125. The Bertz CT molecular complexity index is 946. The largest absolute Gasteiger partial charge is 0.299 e. The van der Waals surface area contributed by atoms with Crippen LogP contribution in [0.25, 0.3) is 0 Å². The minimum absolute atomic E-state index is 0.156. The summed E-state index contributed by atoms with van der Waals surface area (Å²) in [5, 5.41) is 0. The predicted molar refractivity (Wildman–Crippen MR) is 143 cm³/mol. The van der Waals surface area contributed by atoms with Crippen LogP contribution in [0.5, 0.6) is 0 Å². The highest BCUT2D eigenvalue weighted by atomic mass is 79.9. The van der Waals surface area contributed by atoms with Crippen LogP contribution in [0.1, 0.15) is 92.5 Å². The molecule has 3 unspecified atom stereocenters. The molecule has 0 bridgehead atoms. The highest BCUT2D eigenvalue weighted by molar-refractivity contribution is 9.10. The first-order valence-electron chi connectivity index (χ1n) is 12.5. The van der Waals surface area contributed by atoms with Gasteiger partial charge in [-0.25, -0.2) is 0 Å². The zero-order valence-corrected chi connectivity index (χ0v) is 22.9. The van der Waals surface area contributed by atoms with Gasteiger partial charge in [-0.1, -0.05) is 66.9 Å². The summed E-state index contributed by atoms with van der Waals surface area (Å²) in [6, 6.07) is 12.7. The molecule has 2 aromatic rings. The topological polar surface area (TPSA) is 34.1 Å². The molecule has 0 radical (unpaired) electrons. The molecule has 0 aromatic heterocycles. The number of halogens is 1. The summed E-state index contributed by atoms with van der Waals surface area (Å²) in [7, 11) is 0. The molecule has 0 amide bonds. The average Bonchev–Trinajstić information content (AvgIpc) is 2.78. The van der Waals surface area contributed by atoms with Crippen molar-refractivity contribution in [3.63, 3.8) is 0 Å². The molecule has 3 atom stereocenters. The van der Waals surface area contributed by atoms with E-state index in [0.717, 1.165) is 36.6 Å². The molecular weight excluding hydrogens is 472 g/mol. The van der Waals surface area contributed by atoms with E-state index in [-0.39, 0.29) is 11.8 Å². The number of rotatable bonds is 1. The molecule has 2 aromatic carbocycles. The zero-order valence-electron chi connectivity index (χ0n) is 21.3. The van der Waals surface area contributed by atoms with Gasteiger partial charge in [0.25, 0.3) is 0 Å². The Kier molecular flexibility index (Phi) is 11.0. The molecule has 0 N–H and O–H groups in total. The fourth-order valence-corrected chi connectivity index (χ4v) is 4.91. The molecule has 2 aliphatic carbocycles. The van der Waals surface area contributed by atoms with Crippen LogP contribution in [0, 0.1) is 39.5 Å². The standard InChI is InChI=1S/C15H20O.C8H9Br.C7H12O/c1-10-7-8-13(9-12(10)3)14-6-4-5-11(2)15(14)16;1-6-3-4-8(9)5-7(6)2;1-6-4-2-3-5-7(6)8/h7-9,11,14H,4-6H2,1-3H3;3-5H,1-2H3;6H,2-5H2,1H3. The van der Waals surface area contributed by atoms with Crippen LogP contribution in [0.2, 0.25) is 0 Å². The maximum atomic E-state index is 12.1. The molecule has 3 heteroatoms. The number of hydrogen-bond acceptors (Lipinski definition) is 2. The van der Waals surface area contributed by atoms with Crippen molar-refractivity contribution >= 4 is 27.5 Å². The van der Waals surface area contributed by atoms with Crippen molar-refractivity contribution in [2.75, 3.05) is 0 Å². The summed E-state index contributed by atoms with van der Waals surface area (Å²) < 4.78 is 1.16. The lowest BCUT2D eigenvalue weighted by atomic mass is 9.77. The van der Waals surface area contributed by atoms with E-state index in [1.807, 2.05) is 6.92 Å². The highest BCUT2D eigenvalue weighted by Crippen LogP contribution is 2.33. The van der Waals surface area contributed by atoms with E-state index < -0.39 is 0 Å². The minimum atomic E-state index is 0.156. The predicted octanol–water partition coefficient (Wildman–Crippen LogP) is 8.61. The molecule has 2 fully saturated rings. The van der Waals surface area contributed by atoms with E-state index in [1.165, 1.54) is 40.7 Å². The van der Waals surface area contributed by atoms with Crippen LogP contribution < -0.4 is 0 Å². The van der Waals surface area contributed by atoms with Crippen molar-refractivity contribution < 1.29 is 9.59 Å². The Hall–Kier alpha value is -1.74. The van der Waals surface area contributed by atoms with Gasteiger partial charge in [-0.2, -0.15) is 0 Å². The summed E-state index contributed by atoms with van der Waals surface area (Å²) >= 11 is 3.40. The van der Waals surface area contributed by atoms with E-state index in [2.05, 4.69) is 86.9 Å². The van der Waals surface area contributed by atoms with E-state index in [0.29, 0.717) is 17.5 Å². The third-order valence-electron chi connectivity index (χ3n) is 7.22. The number of carbonyl (C=O) groups excluding carboxylic acids is 2. The number of hydrogen-bond donors (Lipinski definition) is 0. The van der Waals surface area contributed by atoms with Crippen molar-refractivity contribution in [3.05, 3.63) is 68.7 Å². The van der Waals surface area contributed by atoms with Crippen molar-refractivity contribution in [3.8, 4) is 0 Å². The number of benzene rings is 2. The van der Waals surface area contributed by atoms with Crippen LogP contribution >= 0.6 is 15.9 Å². The number of ketones is 2. The quantitative estimate of drug-likeness (QED) is 0.383. The first kappa shape index (κ1) is 27.5. The fraction of sp³-hybridized carbons (Fsp3) is 0.533. The third-order valence-corrected chi connectivity index (χ3v) is 7.71. The van der Waals surface area contributed by atoms with Gasteiger partial charge in [-0.05, 0) is 93.3 Å². The van der Waals surface area contributed by atoms with Gasteiger partial charge in [0.05, 0.1) is 0 Å². The van der Waals surface area contributed by atoms with Gasteiger partial charge >= 0.3 is 0 Å². The molecule has 4 rings (SSSR count). The minimum Gasteiger partial charge on any atom is -0.299 e. The number of carbonyl (C=O) groups is 2. The van der Waals surface area contributed by atoms with Crippen LogP contribution in [-0.2, 0) is 9.59 Å². The Balaban J connectivity index is 0.000000192. The first-order chi connectivity index (χ1) is 15.6. The number of Topliss-reactive ketones (excluding diaryl/α,β-unsaturated/α-hetero) is 2. The Morgan fingerprint density at radius 3 is 1.82 bits per heavy atom. The van der Waals surface area contributed by atoms with Gasteiger partial charge in [0.1, 0.15) is 11.6 Å². The second-order valence-electron chi connectivity index (χ2n) is 9.97. The maximum absolute atomic E-state index is 12.1. The lowest BCUT2D eigenvalue weighted by Crippen LogP contribution is -2.24. The lowest BCUT2D eigenvalue weighted by Gasteiger charge is -2.26. The first-order valence-corrected chi connectivity index (χ1v) is 13.3. The van der Waals surface area contributed by atoms with Crippen molar-refractivity contribution in [1.82, 2.24) is 0 Å². The molecule has 0 spiro atoms. The van der Waals surface area contributed by atoms with Gasteiger partial charge in [-0.15, -0.1) is 0 Å². The van der Waals surface area contributed by atoms with Gasteiger partial charge in [0, 0.05) is 28.6 Å². The van der Waals surface area contributed by atoms with E-state index in [9.17, 15) is 9.59 Å². The maximum Gasteiger partial charge on any atom is 0.143 e. The monoisotopic (exact) mass is 512 g/mol. The Morgan fingerprint density at radius 2 is 1.30 bits per heavy atom. The summed E-state index contributed by atoms with van der Waals surface area (Å²) in [6.45, 7) is 12.6. The van der Waals surface area contributed by atoms with E-state index in [4.69, 9.17) is 0 Å². The van der Waals surface area contributed by atoms with Crippen molar-refractivity contribution in [1.29, 1.82) is 0 Å². The normalized spacial score (nSPS) is 22.6. The second kappa shape index (κ2) is 13.2. The van der Waals surface area contributed by atoms with Gasteiger partial charge in [0.15, 0.2) is 0 Å². The molecule has 0 saturated heterocycles. The van der Waals surface area contributed by atoms with Crippen molar-refractivity contribution in [2.24, 2.45) is 11.8 Å². The molecule has 0 aliphatic heterocycles. The summed E-state index contributed by atoms with van der Waals surface area (Å²) in [4.78, 5) is 22.9. The SMILES string of the molecule is CC1CCCCC1=O.Cc1ccc(Br)cc1C.Cc1ccc(C2CCCC(C)C2=O)cc1C. The van der Waals surface area contributed by atoms with Crippen LogP contribution in [-0.4, -0.2) is 11.6 Å². The third kappa shape index (κ3) is 8.52. The second-order valence-corrected chi connectivity index (χ2v) is 10.9. The zero-order chi connectivity index (χ0) is 24.5. The van der Waals surface area contributed by atoms with Crippen LogP contribution in [0.4, 0.5) is 0 Å². The Morgan fingerprint density at radius 1 is 0.697 bits per heavy atom. The molecule has 180 valence electrons. The summed E-state index contributed by atoms with van der Waals surface area (Å²) in [6.07, 6.45) is 7.63. The smallest absolute Gasteiger partial charge is 0.143 e. The fourth-order valence-electron chi connectivity index (χ4n) is 4.43. The van der Waals surface area contributed by atoms with Crippen molar-refractivity contribution in [2.45, 2.75) is 92.4 Å². The summed E-state index contributed by atoms with van der Waals surface area (Å²) in [5.41, 5.74) is 6.51. The van der Waals surface area contributed by atoms with E-state index >= 15 is 0 Å². The Labute approximate surface area is 209 Å². The molecule has 2 nitrogen and oxygen atoms in total. The molecule has 33 heavy (non-hydrogen) atoms. The highest BCUT2D eigenvalue weighted by Gasteiger charge is 2.29. The van der Waals surface area contributed by atoms with E-state index in [1.54, 1.807) is 0 Å². The van der Waals surface area contributed by atoms with Gasteiger partial charge in [-0.3, -0.25) is 9.59 Å². The van der Waals surface area contributed by atoms with Crippen LogP contribution in [0.15, 0.2) is 40.9 Å². The number of aryl methyl sites for hydroxylation is 4. The average molecular weight is 514 g/mol. The van der Waals surface area contributed by atoms with Crippen LogP contribution in [0.3, 0.4) is 0 Å². The van der Waals surface area contributed by atoms with Gasteiger partial charge < -0.3 is 0 Å². The molecule has 0 heterocycles. The summed E-state index contributed by atoms with van der Waals surface area (Å²) in [5.74, 6) is 1.68. The molecular formula is C30H41BrO2. The van der Waals surface area contributed by atoms with Gasteiger partial charge in [0.2, 0.25) is 0 Å². The molecule has 2 aliphatic rings.